The van der Waals surface area contributed by atoms with Crippen LogP contribution in [0.2, 0.25) is 0 Å². The van der Waals surface area contributed by atoms with Crippen molar-refractivity contribution in [2.45, 2.75) is 20.3 Å². The van der Waals surface area contributed by atoms with Gasteiger partial charge in [-0.05, 0) is 24.5 Å². The molecule has 0 fully saturated rings. The van der Waals surface area contributed by atoms with Crippen LogP contribution >= 0.6 is 0 Å². The molecule has 1 aromatic carbocycles. The number of aliphatic hydroxyl groups is 1. The highest BCUT2D eigenvalue weighted by Gasteiger charge is 2.33. The highest BCUT2D eigenvalue weighted by molar-refractivity contribution is 5.21. The number of aliphatic hydroxyl groups excluding tert-OH is 1. The van der Waals surface area contributed by atoms with Gasteiger partial charge in [0.2, 0.25) is 0 Å². The molecule has 0 bridgehead atoms. The maximum Gasteiger partial charge on any atom is 0.129 e. The van der Waals surface area contributed by atoms with Crippen LogP contribution in [0.4, 0.5) is 8.78 Å². The summed E-state index contributed by atoms with van der Waals surface area (Å²) in [5.41, 5.74) is 4.99. The Labute approximate surface area is 100 Å². The predicted octanol–water partition coefficient (Wildman–Crippen LogP) is 2.10. The van der Waals surface area contributed by atoms with Crippen LogP contribution in [0.3, 0.4) is 0 Å². The summed E-state index contributed by atoms with van der Waals surface area (Å²) in [6, 6.07) is 3.77. The quantitative estimate of drug-likeness (QED) is 0.832. The first-order valence-electron chi connectivity index (χ1n) is 5.70. The van der Waals surface area contributed by atoms with E-state index in [1.165, 1.54) is 18.2 Å². The zero-order valence-corrected chi connectivity index (χ0v) is 10.2. The molecule has 0 aliphatic rings. The zero-order valence-electron chi connectivity index (χ0n) is 10.2. The minimum Gasteiger partial charge on any atom is -0.396 e. The first-order valence-corrected chi connectivity index (χ1v) is 5.70. The van der Waals surface area contributed by atoms with Gasteiger partial charge in [-0.1, -0.05) is 19.9 Å². The topological polar surface area (TPSA) is 46.2 Å². The molecule has 3 N–H and O–H groups in total. The lowest BCUT2D eigenvalue weighted by Crippen LogP contribution is -2.41. The second kappa shape index (κ2) is 5.56. The summed E-state index contributed by atoms with van der Waals surface area (Å²) in [4.78, 5) is 0. The van der Waals surface area contributed by atoms with Crippen molar-refractivity contribution in [3.63, 3.8) is 0 Å². The Morgan fingerprint density at radius 3 is 2.18 bits per heavy atom. The maximum absolute atomic E-state index is 13.6. The smallest absolute Gasteiger partial charge is 0.129 e. The van der Waals surface area contributed by atoms with Crippen LogP contribution in [-0.2, 0) is 6.42 Å². The van der Waals surface area contributed by atoms with Crippen LogP contribution in [-0.4, -0.2) is 18.3 Å². The highest BCUT2D eigenvalue weighted by Crippen LogP contribution is 2.32. The number of rotatable bonds is 5. The SMILES string of the molecule is CC(C)C(CN)(CO)Cc1c(F)cccc1F. The summed E-state index contributed by atoms with van der Waals surface area (Å²) in [5, 5.41) is 9.47. The van der Waals surface area contributed by atoms with E-state index in [1.807, 2.05) is 13.8 Å². The Balaban J connectivity index is 3.10. The molecule has 0 amide bonds. The molecular formula is C13H19F2NO. The Morgan fingerprint density at radius 2 is 1.82 bits per heavy atom. The second-order valence-corrected chi connectivity index (χ2v) is 4.76. The molecule has 0 aliphatic heterocycles. The molecular weight excluding hydrogens is 224 g/mol. The van der Waals surface area contributed by atoms with Gasteiger partial charge >= 0.3 is 0 Å². The van der Waals surface area contributed by atoms with E-state index in [4.69, 9.17) is 5.73 Å². The van der Waals surface area contributed by atoms with E-state index in [9.17, 15) is 13.9 Å². The van der Waals surface area contributed by atoms with Crippen molar-refractivity contribution in [2.24, 2.45) is 17.1 Å². The van der Waals surface area contributed by atoms with Gasteiger partial charge < -0.3 is 10.8 Å². The molecule has 0 spiro atoms. The molecule has 0 saturated heterocycles. The molecule has 1 unspecified atom stereocenters. The highest BCUT2D eigenvalue weighted by atomic mass is 19.1. The van der Waals surface area contributed by atoms with E-state index in [-0.39, 0.29) is 31.1 Å². The van der Waals surface area contributed by atoms with Crippen LogP contribution < -0.4 is 5.73 Å². The minimum atomic E-state index is -0.678. The predicted molar refractivity (Wildman–Crippen MR) is 63.5 cm³/mol. The number of benzene rings is 1. The Bertz CT molecular complexity index is 355. The lowest BCUT2D eigenvalue weighted by Gasteiger charge is -2.35. The van der Waals surface area contributed by atoms with Gasteiger partial charge in [-0.25, -0.2) is 8.78 Å². The van der Waals surface area contributed by atoms with E-state index in [0.29, 0.717) is 0 Å². The first-order chi connectivity index (χ1) is 7.96. The molecule has 0 heterocycles. The fraction of sp³-hybridized carbons (Fsp3) is 0.538. The summed E-state index contributed by atoms with van der Waals surface area (Å²) in [6.07, 6.45) is 0.107. The molecule has 0 aliphatic carbocycles. The molecule has 2 nitrogen and oxygen atoms in total. The summed E-state index contributed by atoms with van der Waals surface area (Å²) >= 11 is 0. The van der Waals surface area contributed by atoms with Crippen molar-refractivity contribution in [3.8, 4) is 0 Å². The fourth-order valence-electron chi connectivity index (χ4n) is 1.87. The van der Waals surface area contributed by atoms with Gasteiger partial charge in [0, 0.05) is 17.5 Å². The van der Waals surface area contributed by atoms with Gasteiger partial charge in [-0.2, -0.15) is 0 Å². The molecule has 1 atom stereocenters. The third-order valence-corrected chi connectivity index (χ3v) is 3.54. The monoisotopic (exact) mass is 243 g/mol. The number of hydrogen-bond acceptors (Lipinski definition) is 2. The lowest BCUT2D eigenvalue weighted by atomic mass is 9.73. The third-order valence-electron chi connectivity index (χ3n) is 3.54. The van der Waals surface area contributed by atoms with Crippen LogP contribution in [0, 0.1) is 23.0 Å². The van der Waals surface area contributed by atoms with E-state index >= 15 is 0 Å². The van der Waals surface area contributed by atoms with E-state index in [1.54, 1.807) is 0 Å². The lowest BCUT2D eigenvalue weighted by molar-refractivity contribution is 0.0825. The Kier molecular flexibility index (Phi) is 4.60. The molecule has 1 aromatic rings. The Hall–Kier alpha value is -1.00. The molecule has 0 aromatic heterocycles. The zero-order chi connectivity index (χ0) is 13.1. The van der Waals surface area contributed by atoms with Crippen molar-refractivity contribution in [3.05, 3.63) is 35.4 Å². The number of halogens is 2. The van der Waals surface area contributed by atoms with Crippen molar-refractivity contribution in [2.75, 3.05) is 13.2 Å². The number of nitrogens with two attached hydrogens (primary N) is 1. The molecule has 1 rings (SSSR count). The fourth-order valence-corrected chi connectivity index (χ4v) is 1.87. The van der Waals surface area contributed by atoms with Gasteiger partial charge in [0.1, 0.15) is 11.6 Å². The van der Waals surface area contributed by atoms with Gasteiger partial charge in [-0.3, -0.25) is 0 Å². The molecule has 17 heavy (non-hydrogen) atoms. The van der Waals surface area contributed by atoms with Crippen LogP contribution in [0.5, 0.6) is 0 Å². The average Bonchev–Trinajstić information content (AvgIpc) is 2.29. The summed E-state index contributed by atoms with van der Waals surface area (Å²) in [7, 11) is 0. The van der Waals surface area contributed by atoms with E-state index in [0.717, 1.165) is 0 Å². The maximum atomic E-state index is 13.6. The van der Waals surface area contributed by atoms with Crippen molar-refractivity contribution >= 4 is 0 Å². The van der Waals surface area contributed by atoms with Crippen LogP contribution in [0.25, 0.3) is 0 Å². The molecule has 96 valence electrons. The molecule has 0 radical (unpaired) electrons. The van der Waals surface area contributed by atoms with Gasteiger partial charge in [0.25, 0.3) is 0 Å². The molecule has 4 heteroatoms. The third kappa shape index (κ3) is 2.82. The second-order valence-electron chi connectivity index (χ2n) is 4.76. The summed E-state index contributed by atoms with van der Waals surface area (Å²) in [6.45, 7) is 3.79. The normalized spacial score (nSPS) is 15.0. The average molecular weight is 243 g/mol. The largest absolute Gasteiger partial charge is 0.396 e. The first kappa shape index (κ1) is 14.1. The van der Waals surface area contributed by atoms with Gasteiger partial charge in [-0.15, -0.1) is 0 Å². The standard InChI is InChI=1S/C13H19F2NO/c1-9(2)13(7-16,8-17)6-10-11(14)4-3-5-12(10)15/h3-5,9,17H,6-8,16H2,1-2H3. The van der Waals surface area contributed by atoms with E-state index < -0.39 is 17.0 Å². The van der Waals surface area contributed by atoms with Crippen molar-refractivity contribution in [1.82, 2.24) is 0 Å². The minimum absolute atomic E-state index is 0.000648. The van der Waals surface area contributed by atoms with E-state index in [2.05, 4.69) is 0 Å². The van der Waals surface area contributed by atoms with Gasteiger partial charge in [0.05, 0.1) is 6.61 Å². The van der Waals surface area contributed by atoms with Gasteiger partial charge in [0.15, 0.2) is 0 Å². The van der Waals surface area contributed by atoms with Crippen LogP contribution in [0.15, 0.2) is 18.2 Å². The molecule has 0 saturated carbocycles. The van der Waals surface area contributed by atoms with Crippen molar-refractivity contribution in [1.29, 1.82) is 0 Å². The Morgan fingerprint density at radius 1 is 1.29 bits per heavy atom. The summed E-state index contributed by atoms with van der Waals surface area (Å²) < 4.78 is 27.1. The number of hydrogen-bond donors (Lipinski definition) is 2. The summed E-state index contributed by atoms with van der Waals surface area (Å²) in [5.74, 6) is -1.13. The van der Waals surface area contributed by atoms with Crippen LogP contribution in [0.1, 0.15) is 19.4 Å². The van der Waals surface area contributed by atoms with Crippen molar-refractivity contribution < 1.29 is 13.9 Å².